The summed E-state index contributed by atoms with van der Waals surface area (Å²) >= 11 is 1.85. The fraction of sp³-hybridized carbons (Fsp3) is 0.562. The molecule has 0 bridgehead atoms. The van der Waals surface area contributed by atoms with Crippen molar-refractivity contribution >= 4 is 11.3 Å². The molecule has 3 heterocycles. The van der Waals surface area contributed by atoms with Crippen molar-refractivity contribution in [1.82, 2.24) is 19.4 Å². The molecule has 0 saturated carbocycles. The van der Waals surface area contributed by atoms with Gasteiger partial charge in [0.1, 0.15) is 0 Å². The monoisotopic (exact) mass is 320 g/mol. The highest BCUT2D eigenvalue weighted by Gasteiger charge is 2.18. The maximum atomic E-state index is 5.16. The van der Waals surface area contributed by atoms with Gasteiger partial charge in [-0.05, 0) is 11.4 Å². The van der Waals surface area contributed by atoms with Crippen LogP contribution in [0.1, 0.15) is 10.6 Å². The largest absolute Gasteiger partial charge is 0.383 e. The Balaban J connectivity index is 1.46. The van der Waals surface area contributed by atoms with Gasteiger partial charge in [-0.25, -0.2) is 4.98 Å². The standard InChI is InChI=1S/C16H24N4OS/c1-21-9-8-20-14-17-11-15(20)12-18-4-6-19(7-5-18)13-16-3-2-10-22-16/h2-3,10-11,14H,4-9,12-13H2,1H3. The summed E-state index contributed by atoms with van der Waals surface area (Å²) in [6, 6.07) is 4.36. The van der Waals surface area contributed by atoms with Crippen LogP contribution in [0.25, 0.3) is 0 Å². The summed E-state index contributed by atoms with van der Waals surface area (Å²) in [6.07, 6.45) is 3.88. The first-order valence-corrected chi connectivity index (χ1v) is 8.68. The van der Waals surface area contributed by atoms with E-state index in [-0.39, 0.29) is 0 Å². The van der Waals surface area contributed by atoms with Crippen molar-refractivity contribution in [2.75, 3.05) is 39.9 Å². The van der Waals surface area contributed by atoms with Crippen molar-refractivity contribution in [3.05, 3.63) is 40.6 Å². The first kappa shape index (κ1) is 15.7. The molecule has 0 unspecified atom stereocenters. The molecular formula is C16H24N4OS. The molecule has 2 aromatic rings. The molecule has 0 radical (unpaired) electrons. The first-order chi connectivity index (χ1) is 10.8. The van der Waals surface area contributed by atoms with E-state index in [1.165, 1.54) is 10.6 Å². The summed E-state index contributed by atoms with van der Waals surface area (Å²) < 4.78 is 7.35. The normalized spacial score (nSPS) is 17.1. The van der Waals surface area contributed by atoms with E-state index < -0.39 is 0 Å². The van der Waals surface area contributed by atoms with Crippen LogP contribution in [-0.2, 0) is 24.4 Å². The Morgan fingerprint density at radius 3 is 2.64 bits per heavy atom. The number of hydrogen-bond acceptors (Lipinski definition) is 5. The van der Waals surface area contributed by atoms with Gasteiger partial charge in [0, 0.05) is 64.0 Å². The number of nitrogens with zero attached hydrogens (tertiary/aromatic N) is 4. The number of thiophene rings is 1. The number of aromatic nitrogens is 2. The van der Waals surface area contributed by atoms with E-state index in [0.717, 1.165) is 52.4 Å². The third-order valence-electron chi connectivity index (χ3n) is 4.14. The second-order valence-corrected chi connectivity index (χ2v) is 6.74. The zero-order valence-corrected chi connectivity index (χ0v) is 14.0. The summed E-state index contributed by atoms with van der Waals surface area (Å²) in [5.74, 6) is 0. The number of methoxy groups -OCH3 is 1. The summed E-state index contributed by atoms with van der Waals surface area (Å²) in [5.41, 5.74) is 1.28. The van der Waals surface area contributed by atoms with Gasteiger partial charge in [-0.2, -0.15) is 0 Å². The van der Waals surface area contributed by atoms with Crippen LogP contribution in [0.4, 0.5) is 0 Å². The third kappa shape index (κ3) is 4.16. The molecule has 120 valence electrons. The molecule has 6 heteroatoms. The minimum Gasteiger partial charge on any atom is -0.383 e. The maximum Gasteiger partial charge on any atom is 0.0949 e. The molecule has 2 aromatic heterocycles. The molecule has 5 nitrogen and oxygen atoms in total. The average Bonchev–Trinajstić information content (AvgIpc) is 3.19. The van der Waals surface area contributed by atoms with E-state index in [2.05, 4.69) is 36.9 Å². The lowest BCUT2D eigenvalue weighted by atomic mass is 10.3. The fourth-order valence-electron chi connectivity index (χ4n) is 2.83. The van der Waals surface area contributed by atoms with E-state index in [9.17, 15) is 0 Å². The van der Waals surface area contributed by atoms with Crippen LogP contribution in [0.5, 0.6) is 0 Å². The van der Waals surface area contributed by atoms with Gasteiger partial charge in [0.25, 0.3) is 0 Å². The molecule has 1 fully saturated rings. The van der Waals surface area contributed by atoms with E-state index in [1.807, 2.05) is 23.9 Å². The Morgan fingerprint density at radius 1 is 1.18 bits per heavy atom. The first-order valence-electron chi connectivity index (χ1n) is 7.80. The molecular weight excluding hydrogens is 296 g/mol. The predicted molar refractivity (Wildman–Crippen MR) is 89.0 cm³/mol. The van der Waals surface area contributed by atoms with Crippen LogP contribution in [0.15, 0.2) is 30.0 Å². The Hall–Kier alpha value is -1.21. The number of rotatable bonds is 7. The molecule has 22 heavy (non-hydrogen) atoms. The van der Waals surface area contributed by atoms with Crippen LogP contribution >= 0.6 is 11.3 Å². The summed E-state index contributed by atoms with van der Waals surface area (Å²) in [6.45, 7) is 8.23. The van der Waals surface area contributed by atoms with Crippen molar-refractivity contribution in [1.29, 1.82) is 0 Å². The molecule has 0 N–H and O–H groups in total. The Morgan fingerprint density at radius 2 is 1.95 bits per heavy atom. The molecule has 0 atom stereocenters. The van der Waals surface area contributed by atoms with Crippen molar-refractivity contribution in [3.63, 3.8) is 0 Å². The highest BCUT2D eigenvalue weighted by molar-refractivity contribution is 7.09. The van der Waals surface area contributed by atoms with Gasteiger partial charge >= 0.3 is 0 Å². The van der Waals surface area contributed by atoms with Crippen molar-refractivity contribution in [3.8, 4) is 0 Å². The quantitative estimate of drug-likeness (QED) is 0.780. The molecule has 1 aliphatic rings. The molecule has 1 saturated heterocycles. The lowest BCUT2D eigenvalue weighted by Crippen LogP contribution is -2.45. The second-order valence-electron chi connectivity index (χ2n) is 5.70. The molecule has 0 amide bonds. The minimum atomic E-state index is 0.734. The average molecular weight is 320 g/mol. The molecule has 0 aromatic carbocycles. The van der Waals surface area contributed by atoms with Crippen LogP contribution in [-0.4, -0.2) is 59.2 Å². The van der Waals surface area contributed by atoms with Gasteiger partial charge in [-0.3, -0.25) is 9.80 Å². The van der Waals surface area contributed by atoms with Gasteiger partial charge < -0.3 is 9.30 Å². The van der Waals surface area contributed by atoms with Gasteiger partial charge in [0.15, 0.2) is 0 Å². The van der Waals surface area contributed by atoms with E-state index in [0.29, 0.717) is 0 Å². The third-order valence-corrected chi connectivity index (χ3v) is 5.01. The van der Waals surface area contributed by atoms with Crippen LogP contribution < -0.4 is 0 Å². The van der Waals surface area contributed by atoms with Crippen molar-refractivity contribution in [2.45, 2.75) is 19.6 Å². The lowest BCUT2D eigenvalue weighted by Gasteiger charge is -2.34. The highest BCUT2D eigenvalue weighted by Crippen LogP contribution is 2.14. The Kier molecular flexibility index (Phi) is 5.61. The fourth-order valence-corrected chi connectivity index (χ4v) is 3.57. The Labute approximate surface area is 136 Å². The maximum absolute atomic E-state index is 5.16. The second kappa shape index (κ2) is 7.87. The van der Waals surface area contributed by atoms with Crippen LogP contribution in [0.2, 0.25) is 0 Å². The SMILES string of the molecule is COCCn1cncc1CN1CCN(Cc2cccs2)CC1. The van der Waals surface area contributed by atoms with Crippen molar-refractivity contribution in [2.24, 2.45) is 0 Å². The number of imidazole rings is 1. The van der Waals surface area contributed by atoms with Crippen molar-refractivity contribution < 1.29 is 4.74 Å². The van der Waals surface area contributed by atoms with Crippen LogP contribution in [0, 0.1) is 0 Å². The Bertz CT molecular complexity index is 546. The number of hydrogen-bond donors (Lipinski definition) is 0. The van der Waals surface area contributed by atoms with Crippen LogP contribution in [0.3, 0.4) is 0 Å². The van der Waals surface area contributed by atoms with Gasteiger partial charge in [-0.1, -0.05) is 6.07 Å². The smallest absolute Gasteiger partial charge is 0.0949 e. The summed E-state index contributed by atoms with van der Waals surface area (Å²) in [7, 11) is 1.74. The van der Waals surface area contributed by atoms with Gasteiger partial charge in [-0.15, -0.1) is 11.3 Å². The van der Waals surface area contributed by atoms with E-state index >= 15 is 0 Å². The summed E-state index contributed by atoms with van der Waals surface area (Å²) in [5, 5.41) is 2.16. The number of ether oxygens (including phenoxy) is 1. The molecule has 1 aliphatic heterocycles. The highest BCUT2D eigenvalue weighted by atomic mass is 32.1. The topological polar surface area (TPSA) is 33.5 Å². The van der Waals surface area contributed by atoms with E-state index in [1.54, 1.807) is 7.11 Å². The van der Waals surface area contributed by atoms with Gasteiger partial charge in [0.05, 0.1) is 18.6 Å². The zero-order valence-electron chi connectivity index (χ0n) is 13.1. The zero-order chi connectivity index (χ0) is 15.2. The predicted octanol–water partition coefficient (Wildman–Crippen LogP) is 1.91. The lowest BCUT2D eigenvalue weighted by molar-refractivity contribution is 0.120. The number of piperazine rings is 1. The summed E-state index contributed by atoms with van der Waals surface area (Å²) in [4.78, 5) is 10.8. The minimum absolute atomic E-state index is 0.734. The molecule has 0 spiro atoms. The molecule has 0 aliphatic carbocycles. The van der Waals surface area contributed by atoms with E-state index in [4.69, 9.17) is 4.74 Å². The van der Waals surface area contributed by atoms with Gasteiger partial charge in [0.2, 0.25) is 0 Å². The molecule has 3 rings (SSSR count).